The predicted molar refractivity (Wildman–Crippen MR) is 74.0 cm³/mol. The van der Waals surface area contributed by atoms with Crippen LogP contribution < -0.4 is 10.1 Å². The smallest absolute Gasteiger partial charge is 0.272 e. The molecule has 1 saturated heterocycles. The van der Waals surface area contributed by atoms with Crippen molar-refractivity contribution < 1.29 is 14.3 Å². The third-order valence-electron chi connectivity index (χ3n) is 3.50. The maximum Gasteiger partial charge on any atom is 0.272 e. The molecule has 0 spiro atoms. The Morgan fingerprint density at radius 3 is 3.25 bits per heavy atom. The summed E-state index contributed by atoms with van der Waals surface area (Å²) in [4.78, 5) is 12.2. The molecule has 6 nitrogen and oxygen atoms in total. The van der Waals surface area contributed by atoms with E-state index in [2.05, 4.69) is 15.5 Å². The molecule has 1 unspecified atom stereocenters. The molecule has 1 atom stereocenters. The number of hydrogen-bond acceptors (Lipinski definition) is 4. The topological polar surface area (TPSA) is 76.2 Å². The minimum Gasteiger partial charge on any atom is -0.497 e. The molecular weight excluding hydrogens is 258 g/mol. The minimum atomic E-state index is -0.183. The van der Waals surface area contributed by atoms with Crippen LogP contribution in [0.3, 0.4) is 0 Å². The molecule has 1 fully saturated rings. The molecule has 1 amide bonds. The van der Waals surface area contributed by atoms with Gasteiger partial charge in [-0.2, -0.15) is 5.10 Å². The highest BCUT2D eigenvalue weighted by Gasteiger charge is 2.19. The summed E-state index contributed by atoms with van der Waals surface area (Å²) in [7, 11) is 1.60. The van der Waals surface area contributed by atoms with E-state index in [-0.39, 0.29) is 12.0 Å². The number of aromatic nitrogens is 2. The number of methoxy groups -OCH3 is 1. The number of aromatic amines is 1. The minimum absolute atomic E-state index is 0.129. The van der Waals surface area contributed by atoms with Crippen molar-refractivity contribution in [3.63, 3.8) is 0 Å². The first-order chi connectivity index (χ1) is 9.78. The number of hydrogen-bond donors (Lipinski definition) is 2. The van der Waals surface area contributed by atoms with Crippen LogP contribution in [0.25, 0.3) is 10.9 Å². The van der Waals surface area contributed by atoms with E-state index in [9.17, 15) is 4.79 Å². The summed E-state index contributed by atoms with van der Waals surface area (Å²) in [5.41, 5.74) is 1.19. The molecule has 1 aromatic carbocycles. The van der Waals surface area contributed by atoms with E-state index >= 15 is 0 Å². The van der Waals surface area contributed by atoms with Gasteiger partial charge in [0.2, 0.25) is 0 Å². The van der Waals surface area contributed by atoms with Crippen molar-refractivity contribution in [1.82, 2.24) is 15.5 Å². The van der Waals surface area contributed by atoms with Crippen LogP contribution >= 0.6 is 0 Å². The molecule has 106 valence electrons. The number of amides is 1. The van der Waals surface area contributed by atoms with Crippen LogP contribution in [0.1, 0.15) is 23.3 Å². The van der Waals surface area contributed by atoms with Gasteiger partial charge in [0.25, 0.3) is 5.91 Å². The number of rotatable bonds is 4. The molecule has 3 rings (SSSR count). The average molecular weight is 275 g/mol. The molecule has 2 aromatic rings. The fourth-order valence-corrected chi connectivity index (χ4v) is 2.39. The van der Waals surface area contributed by atoms with Gasteiger partial charge in [-0.15, -0.1) is 0 Å². The van der Waals surface area contributed by atoms with Crippen LogP contribution in [-0.2, 0) is 4.74 Å². The SMILES string of the molecule is COc1ccc2c(C(=O)NCC3CCCO3)n[nH]c2c1. The number of carbonyl (C=O) groups is 1. The van der Waals surface area contributed by atoms with E-state index in [1.54, 1.807) is 7.11 Å². The number of H-pyrrole nitrogens is 1. The lowest BCUT2D eigenvalue weighted by Crippen LogP contribution is -2.32. The van der Waals surface area contributed by atoms with E-state index in [1.165, 1.54) is 0 Å². The average Bonchev–Trinajstić information content (AvgIpc) is 3.13. The van der Waals surface area contributed by atoms with Gasteiger partial charge in [0.1, 0.15) is 5.75 Å². The first-order valence-corrected chi connectivity index (χ1v) is 6.70. The van der Waals surface area contributed by atoms with Gasteiger partial charge >= 0.3 is 0 Å². The Morgan fingerprint density at radius 1 is 1.60 bits per heavy atom. The highest BCUT2D eigenvalue weighted by Crippen LogP contribution is 2.21. The highest BCUT2D eigenvalue weighted by molar-refractivity contribution is 6.04. The Kier molecular flexibility index (Phi) is 3.56. The molecule has 6 heteroatoms. The van der Waals surface area contributed by atoms with Crippen molar-refractivity contribution >= 4 is 16.8 Å². The van der Waals surface area contributed by atoms with Crippen LogP contribution in [0.5, 0.6) is 5.75 Å². The third kappa shape index (κ3) is 2.46. The van der Waals surface area contributed by atoms with Crippen molar-refractivity contribution in [3.05, 3.63) is 23.9 Å². The van der Waals surface area contributed by atoms with Gasteiger partial charge in [-0.3, -0.25) is 9.89 Å². The Balaban J connectivity index is 1.73. The van der Waals surface area contributed by atoms with Crippen LogP contribution in [0.15, 0.2) is 18.2 Å². The number of nitrogens with zero attached hydrogens (tertiary/aromatic N) is 1. The van der Waals surface area contributed by atoms with Crippen molar-refractivity contribution in [2.75, 3.05) is 20.3 Å². The maximum atomic E-state index is 12.2. The number of ether oxygens (including phenoxy) is 2. The summed E-state index contributed by atoms with van der Waals surface area (Å²) in [6.45, 7) is 1.31. The first-order valence-electron chi connectivity index (χ1n) is 6.70. The van der Waals surface area contributed by atoms with Gasteiger partial charge in [0, 0.05) is 24.6 Å². The molecule has 1 aliphatic heterocycles. The summed E-state index contributed by atoms with van der Waals surface area (Å²) in [6.07, 6.45) is 2.19. The Labute approximate surface area is 116 Å². The van der Waals surface area contributed by atoms with Gasteiger partial charge in [-0.25, -0.2) is 0 Å². The van der Waals surface area contributed by atoms with E-state index in [0.29, 0.717) is 12.2 Å². The number of carbonyl (C=O) groups excluding carboxylic acids is 1. The molecule has 1 aromatic heterocycles. The zero-order valence-corrected chi connectivity index (χ0v) is 11.3. The van der Waals surface area contributed by atoms with Crippen molar-refractivity contribution in [2.45, 2.75) is 18.9 Å². The summed E-state index contributed by atoms with van der Waals surface area (Å²) >= 11 is 0. The van der Waals surface area contributed by atoms with Crippen molar-refractivity contribution in [2.24, 2.45) is 0 Å². The Morgan fingerprint density at radius 2 is 2.50 bits per heavy atom. The zero-order chi connectivity index (χ0) is 13.9. The normalized spacial score (nSPS) is 18.4. The second-order valence-electron chi connectivity index (χ2n) is 4.83. The molecule has 0 aliphatic carbocycles. The summed E-state index contributed by atoms with van der Waals surface area (Å²) in [5.74, 6) is 0.546. The van der Waals surface area contributed by atoms with E-state index in [4.69, 9.17) is 9.47 Å². The number of fused-ring (bicyclic) bond motifs is 1. The van der Waals surface area contributed by atoms with E-state index < -0.39 is 0 Å². The monoisotopic (exact) mass is 275 g/mol. The summed E-state index contributed by atoms with van der Waals surface area (Å²) < 4.78 is 10.6. The molecular formula is C14H17N3O3. The highest BCUT2D eigenvalue weighted by atomic mass is 16.5. The van der Waals surface area contributed by atoms with Gasteiger partial charge in [0.05, 0.1) is 18.7 Å². The van der Waals surface area contributed by atoms with Crippen molar-refractivity contribution in [1.29, 1.82) is 0 Å². The number of benzene rings is 1. The molecule has 20 heavy (non-hydrogen) atoms. The van der Waals surface area contributed by atoms with E-state index in [0.717, 1.165) is 36.1 Å². The van der Waals surface area contributed by atoms with E-state index in [1.807, 2.05) is 18.2 Å². The lowest BCUT2D eigenvalue weighted by Gasteiger charge is -2.09. The summed E-state index contributed by atoms with van der Waals surface area (Å²) in [6, 6.07) is 5.46. The summed E-state index contributed by atoms with van der Waals surface area (Å²) in [5, 5.41) is 10.6. The standard InChI is InChI=1S/C14H17N3O3/c1-19-9-4-5-11-12(7-9)16-17-13(11)14(18)15-8-10-3-2-6-20-10/h4-5,7,10H,2-3,6,8H2,1H3,(H,15,18)(H,16,17). The fraction of sp³-hybridized carbons (Fsp3) is 0.429. The largest absolute Gasteiger partial charge is 0.497 e. The second kappa shape index (κ2) is 5.50. The van der Waals surface area contributed by atoms with Crippen LogP contribution in [0, 0.1) is 0 Å². The van der Waals surface area contributed by atoms with Gasteiger partial charge in [-0.1, -0.05) is 0 Å². The lowest BCUT2D eigenvalue weighted by molar-refractivity contribution is 0.0855. The van der Waals surface area contributed by atoms with Crippen molar-refractivity contribution in [3.8, 4) is 5.75 Å². The molecule has 2 N–H and O–H groups in total. The first kappa shape index (κ1) is 12.9. The lowest BCUT2D eigenvalue weighted by atomic mass is 10.2. The van der Waals surface area contributed by atoms with Crippen LogP contribution in [0.2, 0.25) is 0 Å². The van der Waals surface area contributed by atoms with Gasteiger partial charge in [-0.05, 0) is 25.0 Å². The quantitative estimate of drug-likeness (QED) is 0.886. The number of nitrogens with one attached hydrogen (secondary N) is 2. The fourth-order valence-electron chi connectivity index (χ4n) is 2.39. The van der Waals surface area contributed by atoms with Gasteiger partial charge < -0.3 is 14.8 Å². The molecule has 2 heterocycles. The Hall–Kier alpha value is -2.08. The third-order valence-corrected chi connectivity index (χ3v) is 3.50. The zero-order valence-electron chi connectivity index (χ0n) is 11.3. The Bertz CT molecular complexity index is 617. The molecule has 0 saturated carbocycles. The van der Waals surface area contributed by atoms with Crippen LogP contribution in [0.4, 0.5) is 0 Å². The molecule has 0 radical (unpaired) electrons. The predicted octanol–water partition coefficient (Wildman–Crippen LogP) is 1.48. The molecule has 0 bridgehead atoms. The van der Waals surface area contributed by atoms with Gasteiger partial charge in [0.15, 0.2) is 5.69 Å². The molecule has 1 aliphatic rings. The maximum absolute atomic E-state index is 12.2. The second-order valence-corrected chi connectivity index (χ2v) is 4.83. The van der Waals surface area contributed by atoms with Crippen LogP contribution in [-0.4, -0.2) is 42.5 Å².